The number of rotatable bonds is 3. The molecule has 0 radical (unpaired) electrons. The number of carbonyl (C=O) groups is 1. The van der Waals surface area contributed by atoms with Gasteiger partial charge in [0.05, 0.1) is 23.5 Å². The second kappa shape index (κ2) is 7.36. The summed E-state index contributed by atoms with van der Waals surface area (Å²) < 4.78 is 8.71. The van der Waals surface area contributed by atoms with Crippen LogP contribution in [-0.2, 0) is 17.8 Å². The molecule has 2 aromatic carbocycles. The molecule has 9 heteroatoms. The van der Waals surface area contributed by atoms with Crippen LogP contribution in [0.2, 0.25) is 0 Å². The molecule has 0 fully saturated rings. The minimum absolute atomic E-state index is 0.158. The Bertz CT molecular complexity index is 1240. The molecule has 5 rings (SSSR count). The van der Waals surface area contributed by atoms with Crippen molar-refractivity contribution in [1.82, 2.24) is 29.8 Å². The zero-order valence-corrected chi connectivity index (χ0v) is 16.1. The van der Waals surface area contributed by atoms with Gasteiger partial charge in [0.2, 0.25) is 0 Å². The molecule has 9 nitrogen and oxygen atoms in total. The van der Waals surface area contributed by atoms with Crippen LogP contribution in [0.3, 0.4) is 0 Å². The normalized spacial score (nSPS) is 12.5. The molecular weight excluding hydrogens is 382 g/mol. The topological polar surface area (TPSA) is 100 Å². The molecule has 1 aliphatic heterocycles. The van der Waals surface area contributed by atoms with Gasteiger partial charge in [-0.2, -0.15) is 5.10 Å². The summed E-state index contributed by atoms with van der Waals surface area (Å²) in [4.78, 5) is 21.6. The van der Waals surface area contributed by atoms with Gasteiger partial charge in [-0.3, -0.25) is 0 Å². The highest BCUT2D eigenvalue weighted by Gasteiger charge is 2.27. The molecule has 1 aliphatic rings. The number of hydrogen-bond acceptors (Lipinski definition) is 7. The first kappa shape index (κ1) is 17.9. The third kappa shape index (κ3) is 3.26. The van der Waals surface area contributed by atoms with Crippen LogP contribution >= 0.6 is 0 Å². The maximum absolute atomic E-state index is 12.8. The van der Waals surface area contributed by atoms with Gasteiger partial charge in [0.1, 0.15) is 25.1 Å². The number of aliphatic imine (C=N–C) groups is 1. The average Bonchev–Trinajstić information content (AvgIpc) is 3.41. The predicted molar refractivity (Wildman–Crippen MR) is 108 cm³/mol. The number of hydrogen-bond donors (Lipinski definition) is 0. The Morgan fingerprint density at radius 1 is 1.17 bits per heavy atom. The van der Waals surface area contributed by atoms with E-state index in [4.69, 9.17) is 9.73 Å². The van der Waals surface area contributed by atoms with Crippen molar-refractivity contribution in [2.24, 2.45) is 4.99 Å². The van der Waals surface area contributed by atoms with E-state index in [9.17, 15) is 4.79 Å². The maximum atomic E-state index is 12.8. The molecule has 0 saturated heterocycles. The number of carbonyl (C=O) groups excluding carboxylic acids is 1. The standard InChI is InChI=1S/C21H17N7O2/c1-14-7-8-16-17(9-14)28-18(10-19(24-16)27-13-22-12-23-27)20(25-26-28)21(29)30-11-15-5-3-2-4-6-15/h2-9,12-13H,10-11H2,1H3. The van der Waals surface area contributed by atoms with E-state index >= 15 is 0 Å². The van der Waals surface area contributed by atoms with Gasteiger partial charge in [-0.05, 0) is 30.2 Å². The highest BCUT2D eigenvalue weighted by Crippen LogP contribution is 2.30. The number of ether oxygens (including phenoxy) is 1. The van der Waals surface area contributed by atoms with Crippen molar-refractivity contribution in [2.45, 2.75) is 20.0 Å². The third-order valence-corrected chi connectivity index (χ3v) is 4.79. The third-order valence-electron chi connectivity index (χ3n) is 4.79. The zero-order chi connectivity index (χ0) is 20.5. The minimum Gasteiger partial charge on any atom is -0.456 e. The summed E-state index contributed by atoms with van der Waals surface area (Å²) in [6.45, 7) is 2.14. The van der Waals surface area contributed by atoms with Gasteiger partial charge in [0.25, 0.3) is 0 Å². The van der Waals surface area contributed by atoms with Crippen LogP contribution < -0.4 is 0 Å². The van der Waals surface area contributed by atoms with Gasteiger partial charge in [0.15, 0.2) is 5.69 Å². The molecule has 0 saturated carbocycles. The Morgan fingerprint density at radius 3 is 2.83 bits per heavy atom. The van der Waals surface area contributed by atoms with Crippen LogP contribution in [0, 0.1) is 6.92 Å². The average molecular weight is 399 g/mol. The van der Waals surface area contributed by atoms with E-state index in [1.165, 1.54) is 6.33 Å². The van der Waals surface area contributed by atoms with Crippen molar-refractivity contribution in [3.8, 4) is 5.69 Å². The first-order chi connectivity index (χ1) is 14.7. The van der Waals surface area contributed by atoms with Gasteiger partial charge in [0, 0.05) is 0 Å². The number of nitrogens with zero attached hydrogens (tertiary/aromatic N) is 7. The van der Waals surface area contributed by atoms with Crippen LogP contribution in [-0.4, -0.2) is 41.6 Å². The molecule has 4 aromatic rings. The van der Waals surface area contributed by atoms with Gasteiger partial charge in [-0.25, -0.2) is 24.1 Å². The Labute approximate surface area is 171 Å². The molecule has 0 aliphatic carbocycles. The SMILES string of the molecule is Cc1ccc2c(c1)-n1nnc(C(=O)OCc3ccccc3)c1CC(n1cncn1)=N2. The van der Waals surface area contributed by atoms with Crippen LogP contribution in [0.1, 0.15) is 27.3 Å². The smallest absolute Gasteiger partial charge is 0.361 e. The highest BCUT2D eigenvalue weighted by molar-refractivity contribution is 5.94. The van der Waals surface area contributed by atoms with Crippen molar-refractivity contribution in [2.75, 3.05) is 0 Å². The predicted octanol–water partition coefficient (Wildman–Crippen LogP) is 2.66. The van der Waals surface area contributed by atoms with Gasteiger partial charge in [-0.1, -0.05) is 41.6 Å². The van der Waals surface area contributed by atoms with Crippen LogP contribution in [0.5, 0.6) is 0 Å². The second-order valence-electron chi connectivity index (χ2n) is 6.90. The maximum Gasteiger partial charge on any atom is 0.361 e. The van der Waals surface area contributed by atoms with E-state index < -0.39 is 5.97 Å². The lowest BCUT2D eigenvalue weighted by molar-refractivity contribution is 0.0464. The second-order valence-corrected chi connectivity index (χ2v) is 6.90. The van der Waals surface area contributed by atoms with E-state index in [0.29, 0.717) is 23.6 Å². The fraction of sp³-hybridized carbons (Fsp3) is 0.143. The van der Waals surface area contributed by atoms with E-state index in [1.807, 2.05) is 55.5 Å². The van der Waals surface area contributed by atoms with Gasteiger partial charge < -0.3 is 4.74 Å². The quantitative estimate of drug-likeness (QED) is 0.491. The van der Waals surface area contributed by atoms with Crippen LogP contribution in [0.4, 0.5) is 5.69 Å². The summed E-state index contributed by atoms with van der Waals surface area (Å²) in [5, 5.41) is 12.6. The molecular formula is C21H17N7O2. The minimum atomic E-state index is -0.533. The molecule has 30 heavy (non-hydrogen) atoms. The van der Waals surface area contributed by atoms with Crippen LogP contribution in [0.15, 0.2) is 66.2 Å². The van der Waals surface area contributed by atoms with Crippen molar-refractivity contribution in [3.63, 3.8) is 0 Å². The molecule has 0 spiro atoms. The fourth-order valence-corrected chi connectivity index (χ4v) is 3.30. The molecule has 0 N–H and O–H groups in total. The van der Waals surface area contributed by atoms with E-state index in [1.54, 1.807) is 15.7 Å². The molecule has 0 unspecified atom stereocenters. The molecule has 3 heterocycles. The lowest BCUT2D eigenvalue weighted by Crippen LogP contribution is -2.18. The first-order valence-corrected chi connectivity index (χ1v) is 9.38. The number of aryl methyl sites for hydroxylation is 1. The summed E-state index contributed by atoms with van der Waals surface area (Å²) in [6, 6.07) is 15.3. The van der Waals surface area contributed by atoms with Crippen molar-refractivity contribution in [1.29, 1.82) is 0 Å². The Morgan fingerprint density at radius 2 is 2.03 bits per heavy atom. The molecule has 0 bridgehead atoms. The highest BCUT2D eigenvalue weighted by atomic mass is 16.5. The summed E-state index contributed by atoms with van der Waals surface area (Å²) >= 11 is 0. The molecule has 0 atom stereocenters. The van der Waals surface area contributed by atoms with Crippen molar-refractivity contribution >= 4 is 17.5 Å². The lowest BCUT2D eigenvalue weighted by Gasteiger charge is -2.07. The van der Waals surface area contributed by atoms with Crippen molar-refractivity contribution < 1.29 is 9.53 Å². The molecule has 0 amide bonds. The van der Waals surface area contributed by atoms with Gasteiger partial charge in [-0.15, -0.1) is 5.10 Å². The van der Waals surface area contributed by atoms with Crippen LogP contribution in [0.25, 0.3) is 5.69 Å². The number of fused-ring (bicyclic) bond motifs is 3. The van der Waals surface area contributed by atoms with Gasteiger partial charge >= 0.3 is 5.97 Å². The fourth-order valence-electron chi connectivity index (χ4n) is 3.30. The number of benzene rings is 2. The lowest BCUT2D eigenvalue weighted by atomic mass is 10.2. The molecule has 148 valence electrons. The van der Waals surface area contributed by atoms with E-state index in [2.05, 4.69) is 20.4 Å². The Kier molecular flexibility index (Phi) is 4.40. The van der Waals surface area contributed by atoms with E-state index in [0.717, 1.165) is 16.8 Å². The summed E-state index contributed by atoms with van der Waals surface area (Å²) in [5.41, 5.74) is 4.14. The van der Waals surface area contributed by atoms with Crippen molar-refractivity contribution in [3.05, 3.63) is 83.7 Å². The number of aromatic nitrogens is 6. The largest absolute Gasteiger partial charge is 0.456 e. The Balaban J connectivity index is 1.54. The number of esters is 1. The monoisotopic (exact) mass is 399 g/mol. The summed E-state index contributed by atoms with van der Waals surface area (Å²) in [6.07, 6.45) is 3.30. The summed E-state index contributed by atoms with van der Waals surface area (Å²) in [5.74, 6) is 0.0740. The molecule has 2 aromatic heterocycles. The Hall–Kier alpha value is -4.14. The zero-order valence-electron chi connectivity index (χ0n) is 16.1. The summed E-state index contributed by atoms with van der Waals surface area (Å²) in [7, 11) is 0. The van der Waals surface area contributed by atoms with E-state index in [-0.39, 0.29) is 12.3 Å². The first-order valence-electron chi connectivity index (χ1n) is 9.38.